The number of carbonyl (C=O) groups excluding carboxylic acids is 1. The van der Waals surface area contributed by atoms with E-state index in [1.54, 1.807) is 32.2 Å². The van der Waals surface area contributed by atoms with Gasteiger partial charge in [0.25, 0.3) is 5.91 Å². The molecule has 0 radical (unpaired) electrons. The molecular weight excluding hydrogens is 432 g/mol. The average molecular weight is 463 g/mol. The summed E-state index contributed by atoms with van der Waals surface area (Å²) in [6, 6.07) is 11.6. The quantitative estimate of drug-likeness (QED) is 0.620. The van der Waals surface area contributed by atoms with Gasteiger partial charge in [-0.2, -0.15) is 0 Å². The average Bonchev–Trinajstić information content (AvgIpc) is 2.78. The maximum absolute atomic E-state index is 13.2. The first-order chi connectivity index (χ1) is 14.8. The van der Waals surface area contributed by atoms with E-state index in [0.717, 1.165) is 23.3 Å². The van der Waals surface area contributed by atoms with Crippen molar-refractivity contribution >= 4 is 27.7 Å². The van der Waals surface area contributed by atoms with Crippen LogP contribution >= 0.6 is 11.8 Å². The molecule has 0 spiro atoms. The zero-order valence-corrected chi connectivity index (χ0v) is 20.1. The maximum Gasteiger partial charge on any atom is 0.255 e. The molecule has 0 bridgehead atoms. The van der Waals surface area contributed by atoms with Crippen LogP contribution in [0.5, 0.6) is 5.75 Å². The fourth-order valence-corrected chi connectivity index (χ4v) is 5.61. The van der Waals surface area contributed by atoms with Gasteiger partial charge in [0.2, 0.25) is 10.0 Å². The first kappa shape index (κ1) is 23.6. The number of likely N-dealkylation sites (tertiary alicyclic amines) is 1. The molecule has 3 rings (SSSR count). The Kier molecular flexibility index (Phi) is 7.67. The van der Waals surface area contributed by atoms with Crippen LogP contribution in [0.1, 0.15) is 48.7 Å². The van der Waals surface area contributed by atoms with Crippen LogP contribution in [0.3, 0.4) is 0 Å². The SMILES string of the molecule is COc1ccccc1[C@@H](C)NS(=O)(=O)c1ccc(SC)c(C(=O)N2CCC(C)CC2)c1. The second kappa shape index (κ2) is 10.1. The first-order valence-electron chi connectivity index (χ1n) is 10.4. The number of benzene rings is 2. The van der Waals surface area contributed by atoms with E-state index >= 15 is 0 Å². The number of methoxy groups -OCH3 is 1. The molecule has 1 amide bonds. The summed E-state index contributed by atoms with van der Waals surface area (Å²) in [6.07, 6.45) is 3.83. The van der Waals surface area contributed by atoms with Crippen LogP contribution in [0.4, 0.5) is 0 Å². The Bertz CT molecular complexity index is 1030. The minimum atomic E-state index is -3.84. The summed E-state index contributed by atoms with van der Waals surface area (Å²) in [7, 11) is -2.28. The van der Waals surface area contributed by atoms with Crippen molar-refractivity contribution in [3.05, 3.63) is 53.6 Å². The molecule has 2 aromatic rings. The second-order valence-electron chi connectivity index (χ2n) is 7.92. The highest BCUT2D eigenvalue weighted by atomic mass is 32.2. The van der Waals surface area contributed by atoms with Gasteiger partial charge in [0, 0.05) is 29.6 Å². The number of sulfonamides is 1. The Hall–Kier alpha value is -2.03. The van der Waals surface area contributed by atoms with Crippen LogP contribution in [-0.2, 0) is 10.0 Å². The number of nitrogens with zero attached hydrogens (tertiary/aromatic N) is 1. The van der Waals surface area contributed by atoms with E-state index in [9.17, 15) is 13.2 Å². The molecule has 8 heteroatoms. The normalized spacial score (nSPS) is 16.2. The van der Waals surface area contributed by atoms with Crippen molar-refractivity contribution in [2.24, 2.45) is 5.92 Å². The van der Waals surface area contributed by atoms with Gasteiger partial charge in [-0.1, -0.05) is 25.1 Å². The largest absolute Gasteiger partial charge is 0.496 e. The fraction of sp³-hybridized carbons (Fsp3) is 0.435. The molecule has 168 valence electrons. The molecule has 0 aliphatic carbocycles. The van der Waals surface area contributed by atoms with Crippen molar-refractivity contribution in [1.82, 2.24) is 9.62 Å². The monoisotopic (exact) mass is 462 g/mol. The molecule has 1 aliphatic heterocycles. The zero-order valence-electron chi connectivity index (χ0n) is 18.4. The molecule has 31 heavy (non-hydrogen) atoms. The van der Waals surface area contributed by atoms with Gasteiger partial charge in [-0.25, -0.2) is 13.1 Å². The molecule has 0 unspecified atom stereocenters. The lowest BCUT2D eigenvalue weighted by atomic mass is 9.98. The highest BCUT2D eigenvalue weighted by Gasteiger charge is 2.26. The standard InChI is InChI=1S/C23H30N2O4S2/c1-16-11-13-25(14-12-16)23(26)20-15-18(9-10-22(20)30-4)31(27,28)24-17(2)19-7-5-6-8-21(19)29-3/h5-10,15-17,24H,11-14H2,1-4H3/t17-/m1/s1. The number of carbonyl (C=O) groups is 1. The molecular formula is C23H30N2O4S2. The van der Waals surface area contributed by atoms with Crippen LogP contribution in [-0.4, -0.2) is 45.7 Å². The van der Waals surface area contributed by atoms with E-state index in [1.807, 2.05) is 29.4 Å². The van der Waals surface area contributed by atoms with Crippen LogP contribution in [0, 0.1) is 5.92 Å². The summed E-state index contributed by atoms with van der Waals surface area (Å²) in [5.74, 6) is 1.12. The topological polar surface area (TPSA) is 75.7 Å². The maximum atomic E-state index is 13.2. The third kappa shape index (κ3) is 5.42. The van der Waals surface area contributed by atoms with E-state index in [-0.39, 0.29) is 10.8 Å². The van der Waals surface area contributed by atoms with E-state index in [2.05, 4.69) is 11.6 Å². The number of para-hydroxylation sites is 1. The van der Waals surface area contributed by atoms with Gasteiger partial charge < -0.3 is 9.64 Å². The van der Waals surface area contributed by atoms with E-state index in [1.165, 1.54) is 17.8 Å². The Morgan fingerprint density at radius 1 is 1.19 bits per heavy atom. The fourth-order valence-electron chi connectivity index (χ4n) is 3.79. The molecule has 1 fully saturated rings. The van der Waals surface area contributed by atoms with Crippen molar-refractivity contribution < 1.29 is 17.9 Å². The zero-order chi connectivity index (χ0) is 22.6. The summed E-state index contributed by atoms with van der Waals surface area (Å²) < 4.78 is 34.3. The van der Waals surface area contributed by atoms with E-state index < -0.39 is 16.1 Å². The number of hydrogen-bond donors (Lipinski definition) is 1. The molecule has 0 aromatic heterocycles. The lowest BCUT2D eigenvalue weighted by Gasteiger charge is -2.31. The minimum absolute atomic E-state index is 0.0841. The van der Waals surface area contributed by atoms with Gasteiger partial charge in [-0.3, -0.25) is 4.79 Å². The molecule has 2 aromatic carbocycles. The Morgan fingerprint density at radius 3 is 2.52 bits per heavy atom. The van der Waals surface area contributed by atoms with Crippen molar-refractivity contribution in [2.75, 3.05) is 26.5 Å². The molecule has 0 saturated carbocycles. The number of ether oxygens (including phenoxy) is 1. The lowest BCUT2D eigenvalue weighted by molar-refractivity contribution is 0.0693. The van der Waals surface area contributed by atoms with E-state index in [0.29, 0.717) is 30.3 Å². The molecule has 1 aliphatic rings. The summed E-state index contributed by atoms with van der Waals surface area (Å²) in [5, 5.41) is 0. The van der Waals surface area contributed by atoms with Gasteiger partial charge in [-0.05, 0) is 56.2 Å². The number of amides is 1. The van der Waals surface area contributed by atoms with Gasteiger partial charge in [0.15, 0.2) is 0 Å². The third-order valence-corrected chi connectivity index (χ3v) is 8.05. The van der Waals surface area contributed by atoms with Crippen molar-refractivity contribution in [2.45, 2.75) is 42.5 Å². The molecule has 6 nitrogen and oxygen atoms in total. The number of piperidine rings is 1. The lowest BCUT2D eigenvalue weighted by Crippen LogP contribution is -2.38. The van der Waals surface area contributed by atoms with Gasteiger partial charge >= 0.3 is 0 Å². The predicted molar refractivity (Wildman–Crippen MR) is 124 cm³/mol. The Labute approximate surface area is 189 Å². The van der Waals surface area contributed by atoms with Gasteiger partial charge in [0.1, 0.15) is 5.75 Å². The summed E-state index contributed by atoms with van der Waals surface area (Å²) in [5.41, 5.74) is 1.18. The number of rotatable bonds is 7. The number of nitrogens with one attached hydrogen (secondary N) is 1. The molecule has 1 saturated heterocycles. The molecule has 1 heterocycles. The van der Waals surface area contributed by atoms with Crippen molar-refractivity contribution in [1.29, 1.82) is 0 Å². The highest BCUT2D eigenvalue weighted by Crippen LogP contribution is 2.29. The van der Waals surface area contributed by atoms with Crippen molar-refractivity contribution in [3.63, 3.8) is 0 Å². The van der Waals surface area contributed by atoms with Crippen molar-refractivity contribution in [3.8, 4) is 5.75 Å². The van der Waals surface area contributed by atoms with E-state index in [4.69, 9.17) is 4.74 Å². The second-order valence-corrected chi connectivity index (χ2v) is 10.5. The summed E-state index contributed by atoms with van der Waals surface area (Å²) in [6.45, 7) is 5.37. The summed E-state index contributed by atoms with van der Waals surface area (Å²) in [4.78, 5) is 15.9. The highest BCUT2D eigenvalue weighted by molar-refractivity contribution is 7.98. The smallest absolute Gasteiger partial charge is 0.255 e. The van der Waals surface area contributed by atoms with Crippen LogP contribution in [0.2, 0.25) is 0 Å². The Balaban J connectivity index is 1.88. The minimum Gasteiger partial charge on any atom is -0.496 e. The molecule has 1 N–H and O–H groups in total. The Morgan fingerprint density at radius 2 is 1.87 bits per heavy atom. The first-order valence-corrected chi connectivity index (χ1v) is 13.1. The third-order valence-electron chi connectivity index (χ3n) is 5.72. The van der Waals surface area contributed by atoms with Gasteiger partial charge in [-0.15, -0.1) is 11.8 Å². The predicted octanol–water partition coefficient (Wildman–Crippen LogP) is 4.33. The van der Waals surface area contributed by atoms with Crippen LogP contribution in [0.15, 0.2) is 52.3 Å². The van der Waals surface area contributed by atoms with Gasteiger partial charge in [0.05, 0.1) is 17.6 Å². The van der Waals surface area contributed by atoms with Crippen LogP contribution in [0.25, 0.3) is 0 Å². The number of hydrogen-bond acceptors (Lipinski definition) is 5. The molecule has 1 atom stereocenters. The van der Waals surface area contributed by atoms with Crippen LogP contribution < -0.4 is 9.46 Å². The number of thioether (sulfide) groups is 1. The summed E-state index contributed by atoms with van der Waals surface area (Å²) >= 11 is 1.44.